The van der Waals surface area contributed by atoms with Crippen LogP contribution in [0.15, 0.2) is 67.3 Å². The molecule has 1 fully saturated rings. The number of hydrogen-bond acceptors (Lipinski definition) is 5. The first-order chi connectivity index (χ1) is 15.6. The van der Waals surface area contributed by atoms with Gasteiger partial charge in [0.15, 0.2) is 6.29 Å². The van der Waals surface area contributed by atoms with E-state index < -0.39 is 6.29 Å². The van der Waals surface area contributed by atoms with Gasteiger partial charge in [0.2, 0.25) is 0 Å². The van der Waals surface area contributed by atoms with Crippen molar-refractivity contribution in [1.29, 1.82) is 0 Å². The summed E-state index contributed by atoms with van der Waals surface area (Å²) in [4.78, 5) is 16.4. The lowest BCUT2D eigenvalue weighted by Crippen LogP contribution is -2.35. The molecule has 168 valence electrons. The Labute approximate surface area is 197 Å². The summed E-state index contributed by atoms with van der Waals surface area (Å²) in [5.41, 5.74) is 1.44. The van der Waals surface area contributed by atoms with Gasteiger partial charge in [-0.1, -0.05) is 47.5 Å². The van der Waals surface area contributed by atoms with Gasteiger partial charge in [0.25, 0.3) is 0 Å². The van der Waals surface area contributed by atoms with Gasteiger partial charge in [-0.05, 0) is 49.1 Å². The first-order valence-corrected chi connectivity index (χ1v) is 11.3. The molecule has 1 saturated heterocycles. The molecule has 0 aliphatic carbocycles. The van der Waals surface area contributed by atoms with Crippen molar-refractivity contribution in [3.63, 3.8) is 0 Å². The summed E-state index contributed by atoms with van der Waals surface area (Å²) in [5.74, 6) is -0.356. The molecule has 0 radical (unpaired) electrons. The number of ether oxygens (including phenoxy) is 3. The lowest BCUT2D eigenvalue weighted by molar-refractivity contribution is -0.234. The van der Waals surface area contributed by atoms with Crippen molar-refractivity contribution in [2.45, 2.75) is 44.3 Å². The summed E-state index contributed by atoms with van der Waals surface area (Å²) < 4.78 is 19.7. The van der Waals surface area contributed by atoms with Gasteiger partial charge < -0.3 is 18.8 Å². The summed E-state index contributed by atoms with van der Waals surface area (Å²) in [6.07, 6.45) is 7.25. The van der Waals surface area contributed by atoms with E-state index in [1.54, 1.807) is 42.9 Å². The van der Waals surface area contributed by atoms with Crippen molar-refractivity contribution in [3.8, 4) is 0 Å². The fourth-order valence-electron chi connectivity index (χ4n) is 3.63. The predicted octanol–water partition coefficient (Wildman–Crippen LogP) is 5.70. The topological polar surface area (TPSA) is 62.6 Å². The number of nitrogens with zero attached hydrogens (tertiary/aromatic N) is 2. The van der Waals surface area contributed by atoms with E-state index in [-0.39, 0.29) is 24.9 Å². The Morgan fingerprint density at radius 2 is 2.03 bits per heavy atom. The number of halogens is 2. The van der Waals surface area contributed by atoms with Crippen LogP contribution < -0.4 is 0 Å². The molecule has 4 rings (SSSR count). The highest BCUT2D eigenvalue weighted by Crippen LogP contribution is 2.29. The summed E-state index contributed by atoms with van der Waals surface area (Å²) in [7, 11) is 0. The number of hydrogen-bond donors (Lipinski definition) is 0. The zero-order valence-electron chi connectivity index (χ0n) is 17.4. The third-order valence-corrected chi connectivity index (χ3v) is 5.88. The van der Waals surface area contributed by atoms with Crippen molar-refractivity contribution in [2.24, 2.45) is 0 Å². The summed E-state index contributed by atoms with van der Waals surface area (Å²) in [6, 6.07) is 14.4. The standard InChI is InChI=1S/C24H24Cl2N2O4/c25-19-10-9-18(21(26)14-19)13-22(28-12-11-27-16-28)32-23-8-4-7-20(31-23)15-30-24(29)17-5-2-1-3-6-17/h1-3,5-6,9-12,14,16,20,22-23H,4,7-8,13,15H2. The van der Waals surface area contributed by atoms with Crippen molar-refractivity contribution in [3.05, 3.63) is 88.4 Å². The van der Waals surface area contributed by atoms with Gasteiger partial charge in [0, 0.05) is 28.9 Å². The Balaban J connectivity index is 1.37. The minimum absolute atomic E-state index is 0.187. The molecule has 3 atom stereocenters. The van der Waals surface area contributed by atoms with Crippen LogP contribution in [0.1, 0.15) is 41.4 Å². The molecule has 6 nitrogen and oxygen atoms in total. The van der Waals surface area contributed by atoms with Crippen LogP contribution in [-0.2, 0) is 20.6 Å². The Hall–Kier alpha value is -2.38. The molecule has 3 unspecified atom stereocenters. The van der Waals surface area contributed by atoms with E-state index in [2.05, 4.69) is 4.98 Å². The van der Waals surface area contributed by atoms with Gasteiger partial charge in [0.1, 0.15) is 12.8 Å². The highest BCUT2D eigenvalue weighted by Gasteiger charge is 2.27. The number of rotatable bonds is 8. The van der Waals surface area contributed by atoms with Gasteiger partial charge in [-0.25, -0.2) is 9.78 Å². The van der Waals surface area contributed by atoms with Gasteiger partial charge in [-0.3, -0.25) is 0 Å². The van der Waals surface area contributed by atoms with Crippen molar-refractivity contribution in [1.82, 2.24) is 9.55 Å². The molecule has 0 saturated carbocycles. The normalized spacial score (nSPS) is 19.4. The monoisotopic (exact) mass is 474 g/mol. The molecule has 0 bridgehead atoms. The van der Waals surface area contributed by atoms with Crippen molar-refractivity contribution >= 4 is 29.2 Å². The summed E-state index contributed by atoms with van der Waals surface area (Å²) in [5, 5.41) is 1.17. The Bertz CT molecular complexity index is 1010. The molecule has 1 aromatic heterocycles. The lowest BCUT2D eigenvalue weighted by Gasteiger charge is -2.32. The molecule has 0 spiro atoms. The maximum absolute atomic E-state index is 12.2. The van der Waals surface area contributed by atoms with E-state index in [1.807, 2.05) is 29.0 Å². The maximum Gasteiger partial charge on any atom is 0.338 e. The minimum atomic E-state index is -0.428. The number of carbonyl (C=O) groups is 1. The van der Waals surface area contributed by atoms with Crippen LogP contribution in [0.2, 0.25) is 10.0 Å². The first-order valence-electron chi connectivity index (χ1n) is 10.5. The summed E-state index contributed by atoms with van der Waals surface area (Å²) in [6.45, 7) is 0.187. The number of imidazole rings is 1. The minimum Gasteiger partial charge on any atom is -0.459 e. The molecule has 3 aromatic rings. The third-order valence-electron chi connectivity index (χ3n) is 5.30. The molecular weight excluding hydrogens is 451 g/mol. The van der Waals surface area contributed by atoms with Crippen LogP contribution >= 0.6 is 23.2 Å². The molecule has 1 aliphatic rings. The Morgan fingerprint density at radius 3 is 2.78 bits per heavy atom. The molecule has 0 N–H and O–H groups in total. The Kier molecular flexibility index (Phi) is 7.81. The van der Waals surface area contributed by atoms with E-state index in [0.717, 1.165) is 24.8 Å². The SMILES string of the molecule is O=C(OCC1CCCC(OC(Cc2ccc(Cl)cc2Cl)n2ccnc2)O1)c1ccccc1. The van der Waals surface area contributed by atoms with Gasteiger partial charge in [-0.2, -0.15) is 0 Å². The maximum atomic E-state index is 12.2. The second-order valence-electron chi connectivity index (χ2n) is 7.62. The average molecular weight is 475 g/mol. The largest absolute Gasteiger partial charge is 0.459 e. The van der Waals surface area contributed by atoms with Crippen molar-refractivity contribution < 1.29 is 19.0 Å². The molecule has 2 aromatic carbocycles. The number of esters is 1. The highest BCUT2D eigenvalue weighted by molar-refractivity contribution is 6.35. The molecule has 1 aliphatic heterocycles. The molecule has 32 heavy (non-hydrogen) atoms. The molecule has 8 heteroatoms. The zero-order valence-corrected chi connectivity index (χ0v) is 18.9. The van der Waals surface area contributed by atoms with Crippen LogP contribution in [0.25, 0.3) is 0 Å². The quantitative estimate of drug-likeness (QED) is 0.391. The van der Waals surface area contributed by atoms with E-state index in [4.69, 9.17) is 37.4 Å². The number of carbonyl (C=O) groups excluding carboxylic acids is 1. The molecular formula is C24H24Cl2N2O4. The molecule has 0 amide bonds. The van der Waals surface area contributed by atoms with E-state index in [1.165, 1.54) is 0 Å². The van der Waals surface area contributed by atoms with Gasteiger partial charge >= 0.3 is 5.97 Å². The molecule has 2 heterocycles. The van der Waals surface area contributed by atoms with Gasteiger partial charge in [-0.15, -0.1) is 0 Å². The van der Waals surface area contributed by atoms with Crippen LogP contribution in [0.4, 0.5) is 0 Å². The first kappa shape index (κ1) is 22.8. The van der Waals surface area contributed by atoms with E-state index in [9.17, 15) is 4.79 Å². The van der Waals surface area contributed by atoms with Crippen LogP contribution in [0.3, 0.4) is 0 Å². The van der Waals surface area contributed by atoms with Crippen LogP contribution in [0, 0.1) is 0 Å². The number of aromatic nitrogens is 2. The average Bonchev–Trinajstić information content (AvgIpc) is 3.34. The second-order valence-corrected chi connectivity index (χ2v) is 8.47. The smallest absolute Gasteiger partial charge is 0.338 e. The highest BCUT2D eigenvalue weighted by atomic mass is 35.5. The van der Waals surface area contributed by atoms with E-state index >= 15 is 0 Å². The zero-order chi connectivity index (χ0) is 22.3. The lowest BCUT2D eigenvalue weighted by atomic mass is 10.1. The van der Waals surface area contributed by atoms with Crippen molar-refractivity contribution in [2.75, 3.05) is 6.61 Å². The second kappa shape index (κ2) is 11.0. The van der Waals surface area contributed by atoms with Gasteiger partial charge in [0.05, 0.1) is 18.0 Å². The van der Waals surface area contributed by atoms with E-state index in [0.29, 0.717) is 22.0 Å². The van der Waals surface area contributed by atoms with Crippen LogP contribution in [0.5, 0.6) is 0 Å². The summed E-state index contributed by atoms with van der Waals surface area (Å²) >= 11 is 12.4. The Morgan fingerprint density at radius 1 is 1.19 bits per heavy atom. The van der Waals surface area contributed by atoms with Crippen LogP contribution in [-0.4, -0.2) is 34.5 Å². The predicted molar refractivity (Wildman–Crippen MR) is 122 cm³/mol. The number of benzene rings is 2. The fourth-order valence-corrected chi connectivity index (χ4v) is 4.11. The fraction of sp³-hybridized carbons (Fsp3) is 0.333. The third kappa shape index (κ3) is 6.11.